The van der Waals surface area contributed by atoms with Crippen molar-refractivity contribution >= 4 is 10.0 Å². The van der Waals surface area contributed by atoms with Gasteiger partial charge in [0, 0.05) is 19.6 Å². The summed E-state index contributed by atoms with van der Waals surface area (Å²) in [6, 6.07) is 6.35. The van der Waals surface area contributed by atoms with Crippen LogP contribution in [-0.4, -0.2) is 52.2 Å². The molecule has 0 radical (unpaired) electrons. The number of hydrogen-bond donors (Lipinski definition) is 1. The van der Waals surface area contributed by atoms with E-state index in [2.05, 4.69) is 0 Å². The number of morpholine rings is 1. The highest BCUT2D eigenvalue weighted by molar-refractivity contribution is 7.89. The van der Waals surface area contributed by atoms with Crippen LogP contribution in [0.2, 0.25) is 0 Å². The van der Waals surface area contributed by atoms with Crippen molar-refractivity contribution in [1.29, 1.82) is 0 Å². The Morgan fingerprint density at radius 1 is 1.42 bits per heavy atom. The Bertz CT molecular complexity index is 515. The van der Waals surface area contributed by atoms with E-state index in [1.807, 2.05) is 0 Å². The summed E-state index contributed by atoms with van der Waals surface area (Å²) in [6.45, 7) is 1.33. The van der Waals surface area contributed by atoms with Crippen LogP contribution in [-0.2, 0) is 14.8 Å². The maximum Gasteiger partial charge on any atom is 0.243 e. The molecule has 7 heteroatoms. The summed E-state index contributed by atoms with van der Waals surface area (Å²) in [5.41, 5.74) is 5.52. The third kappa shape index (κ3) is 3.06. The highest BCUT2D eigenvalue weighted by Gasteiger charge is 2.30. The molecule has 0 bridgehead atoms. The van der Waals surface area contributed by atoms with Crippen LogP contribution in [0.4, 0.5) is 0 Å². The van der Waals surface area contributed by atoms with Gasteiger partial charge in [0.25, 0.3) is 0 Å². The number of benzene rings is 1. The van der Waals surface area contributed by atoms with Crippen molar-refractivity contribution in [2.45, 2.75) is 11.0 Å². The molecule has 1 aromatic rings. The van der Waals surface area contributed by atoms with Crippen LogP contribution in [0, 0.1) is 0 Å². The van der Waals surface area contributed by atoms with Crippen LogP contribution in [0.15, 0.2) is 29.2 Å². The Morgan fingerprint density at radius 3 is 2.68 bits per heavy atom. The monoisotopic (exact) mass is 286 g/mol. The molecule has 1 saturated heterocycles. The van der Waals surface area contributed by atoms with E-state index in [1.165, 1.54) is 11.4 Å². The largest absolute Gasteiger partial charge is 0.497 e. The molecule has 0 saturated carbocycles. The minimum absolute atomic E-state index is 0.234. The van der Waals surface area contributed by atoms with Gasteiger partial charge in [-0.15, -0.1) is 0 Å². The highest BCUT2D eigenvalue weighted by atomic mass is 32.2. The zero-order valence-electron chi connectivity index (χ0n) is 10.8. The standard InChI is InChI=1S/C12H18N2O4S/c1-17-10-2-4-12(5-3-10)19(15,16)14-6-7-18-11(8-13)9-14/h2-5,11H,6-9,13H2,1H3. The van der Waals surface area contributed by atoms with Gasteiger partial charge in [-0.25, -0.2) is 8.42 Å². The van der Waals surface area contributed by atoms with Gasteiger partial charge >= 0.3 is 0 Å². The molecule has 2 N–H and O–H groups in total. The molecular weight excluding hydrogens is 268 g/mol. The molecule has 0 aromatic heterocycles. The van der Waals surface area contributed by atoms with E-state index in [0.717, 1.165) is 0 Å². The van der Waals surface area contributed by atoms with E-state index in [4.69, 9.17) is 15.2 Å². The minimum atomic E-state index is -3.49. The van der Waals surface area contributed by atoms with Gasteiger partial charge in [0.05, 0.1) is 24.7 Å². The summed E-state index contributed by atoms with van der Waals surface area (Å²) in [7, 11) is -1.95. The second kappa shape index (κ2) is 5.87. The molecule has 6 nitrogen and oxygen atoms in total. The number of methoxy groups -OCH3 is 1. The third-order valence-corrected chi connectivity index (χ3v) is 4.94. The smallest absolute Gasteiger partial charge is 0.243 e. The summed E-state index contributed by atoms with van der Waals surface area (Å²) in [5, 5.41) is 0. The number of sulfonamides is 1. The van der Waals surface area contributed by atoms with Gasteiger partial charge in [-0.2, -0.15) is 4.31 Å². The molecule has 1 heterocycles. The molecule has 0 amide bonds. The number of nitrogens with two attached hydrogens (primary N) is 1. The first-order valence-electron chi connectivity index (χ1n) is 6.04. The Morgan fingerprint density at radius 2 is 2.11 bits per heavy atom. The molecule has 0 aliphatic carbocycles. The fraction of sp³-hybridized carbons (Fsp3) is 0.500. The first-order chi connectivity index (χ1) is 9.07. The predicted octanol–water partition coefficient (Wildman–Crippen LogP) is 0.0434. The Hall–Kier alpha value is -1.15. The lowest BCUT2D eigenvalue weighted by Crippen LogP contribution is -2.48. The summed E-state index contributed by atoms with van der Waals surface area (Å²) in [6.07, 6.45) is -0.234. The Labute approximate surface area is 113 Å². The molecule has 1 aliphatic rings. The quantitative estimate of drug-likeness (QED) is 0.845. The van der Waals surface area contributed by atoms with Gasteiger partial charge in [0.1, 0.15) is 5.75 Å². The van der Waals surface area contributed by atoms with Gasteiger partial charge in [-0.1, -0.05) is 0 Å². The zero-order chi connectivity index (χ0) is 13.9. The number of ether oxygens (including phenoxy) is 2. The predicted molar refractivity (Wildman–Crippen MR) is 70.5 cm³/mol. The maximum atomic E-state index is 12.4. The number of hydrogen-bond acceptors (Lipinski definition) is 5. The van der Waals surface area contributed by atoms with E-state index >= 15 is 0 Å². The van der Waals surface area contributed by atoms with E-state index in [0.29, 0.717) is 32.0 Å². The summed E-state index contributed by atoms with van der Waals surface area (Å²) < 4.78 is 36.7. The van der Waals surface area contributed by atoms with Crippen molar-refractivity contribution in [3.8, 4) is 5.75 Å². The molecule has 19 heavy (non-hydrogen) atoms. The fourth-order valence-electron chi connectivity index (χ4n) is 1.95. The lowest BCUT2D eigenvalue weighted by Gasteiger charge is -2.31. The SMILES string of the molecule is COc1ccc(S(=O)(=O)N2CCOC(CN)C2)cc1. The second-order valence-electron chi connectivity index (χ2n) is 4.27. The lowest BCUT2D eigenvalue weighted by molar-refractivity contribution is 0.00450. The second-order valence-corrected chi connectivity index (χ2v) is 6.21. The summed E-state index contributed by atoms with van der Waals surface area (Å²) >= 11 is 0. The van der Waals surface area contributed by atoms with Crippen LogP contribution in [0.3, 0.4) is 0 Å². The lowest BCUT2D eigenvalue weighted by atomic mass is 10.3. The zero-order valence-corrected chi connectivity index (χ0v) is 11.6. The Balaban J connectivity index is 2.20. The molecule has 0 spiro atoms. The first-order valence-corrected chi connectivity index (χ1v) is 7.48. The average molecular weight is 286 g/mol. The van der Waals surface area contributed by atoms with Gasteiger partial charge in [-0.3, -0.25) is 0 Å². The van der Waals surface area contributed by atoms with Crippen LogP contribution in [0.25, 0.3) is 0 Å². The highest BCUT2D eigenvalue weighted by Crippen LogP contribution is 2.21. The average Bonchev–Trinajstić information content (AvgIpc) is 2.47. The molecular formula is C12H18N2O4S. The van der Waals surface area contributed by atoms with E-state index in [1.54, 1.807) is 24.3 Å². The fourth-order valence-corrected chi connectivity index (χ4v) is 3.41. The van der Waals surface area contributed by atoms with Crippen molar-refractivity contribution < 1.29 is 17.9 Å². The van der Waals surface area contributed by atoms with Crippen LogP contribution in [0.5, 0.6) is 5.75 Å². The topological polar surface area (TPSA) is 81.9 Å². The maximum absolute atomic E-state index is 12.4. The molecule has 2 rings (SSSR count). The molecule has 1 fully saturated rings. The first kappa shape index (κ1) is 14.3. The van der Waals surface area contributed by atoms with Gasteiger partial charge in [0.15, 0.2) is 0 Å². The number of rotatable bonds is 4. The van der Waals surface area contributed by atoms with Crippen LogP contribution < -0.4 is 10.5 Å². The van der Waals surface area contributed by atoms with E-state index < -0.39 is 10.0 Å². The van der Waals surface area contributed by atoms with Crippen molar-refractivity contribution in [2.24, 2.45) is 5.73 Å². The normalized spacial score (nSPS) is 21.3. The third-order valence-electron chi connectivity index (χ3n) is 3.06. The molecule has 106 valence electrons. The van der Waals surface area contributed by atoms with Crippen molar-refractivity contribution in [1.82, 2.24) is 4.31 Å². The van der Waals surface area contributed by atoms with Crippen molar-refractivity contribution in [3.63, 3.8) is 0 Å². The summed E-state index contributed by atoms with van der Waals surface area (Å²) in [5.74, 6) is 0.626. The molecule has 1 aromatic carbocycles. The van der Waals surface area contributed by atoms with Crippen molar-refractivity contribution in [3.05, 3.63) is 24.3 Å². The minimum Gasteiger partial charge on any atom is -0.497 e. The molecule has 1 unspecified atom stereocenters. The van der Waals surface area contributed by atoms with E-state index in [-0.39, 0.29) is 11.0 Å². The molecule has 1 atom stereocenters. The van der Waals surface area contributed by atoms with Crippen molar-refractivity contribution in [2.75, 3.05) is 33.4 Å². The van der Waals surface area contributed by atoms with Crippen LogP contribution in [0.1, 0.15) is 0 Å². The van der Waals surface area contributed by atoms with Gasteiger partial charge in [-0.05, 0) is 24.3 Å². The van der Waals surface area contributed by atoms with Gasteiger partial charge < -0.3 is 15.2 Å². The molecule has 1 aliphatic heterocycles. The number of nitrogens with zero attached hydrogens (tertiary/aromatic N) is 1. The summed E-state index contributed by atoms with van der Waals surface area (Å²) in [4.78, 5) is 0.256. The van der Waals surface area contributed by atoms with Gasteiger partial charge in [0.2, 0.25) is 10.0 Å². The van der Waals surface area contributed by atoms with Crippen LogP contribution >= 0.6 is 0 Å². The van der Waals surface area contributed by atoms with E-state index in [9.17, 15) is 8.42 Å². The Kier molecular flexibility index (Phi) is 4.41.